The topological polar surface area (TPSA) is 49.2 Å². The van der Waals surface area contributed by atoms with Gasteiger partial charge in [0.1, 0.15) is 12.7 Å². The van der Waals surface area contributed by atoms with Crippen LogP contribution >= 0.6 is 11.6 Å². The lowest BCUT2D eigenvalue weighted by atomic mass is 10.1. The summed E-state index contributed by atoms with van der Waals surface area (Å²) in [6, 6.07) is 3.91. The Kier molecular flexibility index (Phi) is 3.55. The molecule has 0 atom stereocenters. The van der Waals surface area contributed by atoms with Gasteiger partial charge in [-0.1, -0.05) is 11.6 Å². The van der Waals surface area contributed by atoms with E-state index in [-0.39, 0.29) is 0 Å². The van der Waals surface area contributed by atoms with E-state index in [2.05, 4.69) is 10.1 Å². The van der Waals surface area contributed by atoms with Crippen molar-refractivity contribution in [3.05, 3.63) is 35.4 Å². The highest BCUT2D eigenvalue weighted by Gasteiger charge is 2.15. The van der Waals surface area contributed by atoms with Crippen molar-refractivity contribution in [1.29, 1.82) is 0 Å². The number of rotatable bonds is 3. The third-order valence-electron chi connectivity index (χ3n) is 2.96. The minimum atomic E-state index is 0.605. The van der Waals surface area contributed by atoms with E-state index in [1.165, 1.54) is 6.33 Å². The number of aryl methyl sites for hydroxylation is 2. The SMILES string of the molecule is Clc1cc(CCn2cncn2)cc2c1OCCCO2. The van der Waals surface area contributed by atoms with Crippen LogP contribution in [0.4, 0.5) is 0 Å². The van der Waals surface area contributed by atoms with Gasteiger partial charge in [0.2, 0.25) is 0 Å². The fourth-order valence-electron chi connectivity index (χ4n) is 2.02. The molecule has 100 valence electrons. The Morgan fingerprint density at radius 3 is 3.00 bits per heavy atom. The number of hydrogen-bond donors (Lipinski definition) is 0. The van der Waals surface area contributed by atoms with Gasteiger partial charge in [-0.3, -0.25) is 4.68 Å². The molecule has 0 saturated heterocycles. The first-order chi connectivity index (χ1) is 9.33. The molecule has 2 heterocycles. The Bertz CT molecular complexity index is 557. The molecule has 0 amide bonds. The van der Waals surface area contributed by atoms with Gasteiger partial charge in [0.15, 0.2) is 11.5 Å². The summed E-state index contributed by atoms with van der Waals surface area (Å²) in [5.74, 6) is 1.39. The molecule has 1 aliphatic heterocycles. The predicted octanol–water partition coefficient (Wildman–Crippen LogP) is 2.34. The maximum Gasteiger partial charge on any atom is 0.179 e. The van der Waals surface area contributed by atoms with Crippen LogP contribution in [-0.2, 0) is 13.0 Å². The Balaban J connectivity index is 1.79. The zero-order chi connectivity index (χ0) is 13.1. The fraction of sp³-hybridized carbons (Fsp3) is 0.385. The summed E-state index contributed by atoms with van der Waals surface area (Å²) in [5.41, 5.74) is 1.10. The molecule has 1 aliphatic rings. The summed E-state index contributed by atoms with van der Waals surface area (Å²) >= 11 is 6.24. The van der Waals surface area contributed by atoms with Gasteiger partial charge in [0.25, 0.3) is 0 Å². The van der Waals surface area contributed by atoms with Crippen LogP contribution in [0.5, 0.6) is 11.5 Å². The summed E-state index contributed by atoms with van der Waals surface area (Å²) in [5, 5.41) is 4.68. The Morgan fingerprint density at radius 2 is 2.16 bits per heavy atom. The van der Waals surface area contributed by atoms with Crippen LogP contribution in [0, 0.1) is 0 Å². The van der Waals surface area contributed by atoms with E-state index >= 15 is 0 Å². The maximum absolute atomic E-state index is 6.24. The van der Waals surface area contributed by atoms with Crippen molar-refractivity contribution >= 4 is 11.6 Å². The number of nitrogens with zero attached hydrogens (tertiary/aromatic N) is 3. The lowest BCUT2D eigenvalue weighted by molar-refractivity contribution is 0.297. The quantitative estimate of drug-likeness (QED) is 0.865. The van der Waals surface area contributed by atoms with Gasteiger partial charge in [-0.15, -0.1) is 0 Å². The lowest BCUT2D eigenvalue weighted by Gasteiger charge is -2.11. The summed E-state index contributed by atoms with van der Waals surface area (Å²) < 4.78 is 13.1. The van der Waals surface area contributed by atoms with Crippen LogP contribution in [0.1, 0.15) is 12.0 Å². The van der Waals surface area contributed by atoms with Crippen molar-refractivity contribution in [3.8, 4) is 11.5 Å². The number of aromatic nitrogens is 3. The average molecular weight is 280 g/mol. The second kappa shape index (κ2) is 5.48. The second-order valence-corrected chi connectivity index (χ2v) is 4.77. The van der Waals surface area contributed by atoms with Gasteiger partial charge >= 0.3 is 0 Å². The molecule has 1 aromatic heterocycles. The molecule has 0 saturated carbocycles. The molecule has 19 heavy (non-hydrogen) atoms. The smallest absolute Gasteiger partial charge is 0.179 e. The fourth-order valence-corrected chi connectivity index (χ4v) is 2.31. The zero-order valence-electron chi connectivity index (χ0n) is 10.4. The van der Waals surface area contributed by atoms with E-state index in [0.29, 0.717) is 24.0 Å². The molecular formula is C13H14ClN3O2. The monoisotopic (exact) mass is 279 g/mol. The number of halogens is 1. The molecule has 5 nitrogen and oxygen atoms in total. The number of ether oxygens (including phenoxy) is 2. The van der Waals surface area contributed by atoms with Crippen molar-refractivity contribution in [2.24, 2.45) is 0 Å². The van der Waals surface area contributed by atoms with Crippen molar-refractivity contribution < 1.29 is 9.47 Å². The van der Waals surface area contributed by atoms with Crippen LogP contribution in [0.3, 0.4) is 0 Å². The molecule has 0 bridgehead atoms. The molecule has 0 spiro atoms. The van der Waals surface area contributed by atoms with Gasteiger partial charge in [0.05, 0.1) is 18.2 Å². The van der Waals surface area contributed by atoms with Crippen LogP contribution in [-0.4, -0.2) is 28.0 Å². The van der Waals surface area contributed by atoms with Crippen molar-refractivity contribution in [3.63, 3.8) is 0 Å². The van der Waals surface area contributed by atoms with Gasteiger partial charge in [-0.25, -0.2) is 4.98 Å². The van der Waals surface area contributed by atoms with Gasteiger partial charge in [-0.05, 0) is 24.1 Å². The average Bonchev–Trinajstić information content (AvgIpc) is 2.81. The third-order valence-corrected chi connectivity index (χ3v) is 3.24. The van der Waals surface area contributed by atoms with Crippen molar-refractivity contribution in [2.45, 2.75) is 19.4 Å². The van der Waals surface area contributed by atoms with Crippen LogP contribution in [0.25, 0.3) is 0 Å². The maximum atomic E-state index is 6.24. The Morgan fingerprint density at radius 1 is 1.26 bits per heavy atom. The molecule has 0 fully saturated rings. The normalized spacial score (nSPS) is 14.2. The molecule has 0 unspecified atom stereocenters. The van der Waals surface area contributed by atoms with Crippen LogP contribution in [0.15, 0.2) is 24.8 Å². The summed E-state index contributed by atoms with van der Waals surface area (Å²) in [4.78, 5) is 3.92. The molecule has 3 rings (SSSR count). The van der Waals surface area contributed by atoms with Crippen molar-refractivity contribution in [2.75, 3.05) is 13.2 Å². The lowest BCUT2D eigenvalue weighted by Crippen LogP contribution is -2.02. The molecule has 6 heteroatoms. The van der Waals surface area contributed by atoms with E-state index in [0.717, 1.165) is 30.7 Å². The summed E-state index contributed by atoms with van der Waals surface area (Å²) in [6.45, 7) is 2.07. The summed E-state index contributed by atoms with van der Waals surface area (Å²) in [6.07, 6.45) is 4.92. The molecule has 0 radical (unpaired) electrons. The van der Waals surface area contributed by atoms with E-state index in [4.69, 9.17) is 21.1 Å². The van der Waals surface area contributed by atoms with E-state index in [9.17, 15) is 0 Å². The largest absolute Gasteiger partial charge is 0.489 e. The molecule has 1 aromatic carbocycles. The number of hydrogen-bond acceptors (Lipinski definition) is 4. The third kappa shape index (κ3) is 2.81. The minimum absolute atomic E-state index is 0.605. The van der Waals surface area contributed by atoms with E-state index in [1.54, 1.807) is 11.0 Å². The summed E-state index contributed by atoms with van der Waals surface area (Å²) in [7, 11) is 0. The highest BCUT2D eigenvalue weighted by molar-refractivity contribution is 6.32. The minimum Gasteiger partial charge on any atom is -0.489 e. The molecular weight excluding hydrogens is 266 g/mol. The molecule has 0 aliphatic carbocycles. The first-order valence-corrected chi connectivity index (χ1v) is 6.61. The van der Waals surface area contributed by atoms with Crippen molar-refractivity contribution in [1.82, 2.24) is 14.8 Å². The Hall–Kier alpha value is -1.75. The Labute approximate surface area is 116 Å². The van der Waals surface area contributed by atoms with Gasteiger partial charge in [0, 0.05) is 13.0 Å². The molecule has 0 N–H and O–H groups in total. The first-order valence-electron chi connectivity index (χ1n) is 6.23. The van der Waals surface area contributed by atoms with E-state index in [1.807, 2.05) is 12.1 Å². The second-order valence-electron chi connectivity index (χ2n) is 4.36. The van der Waals surface area contributed by atoms with Crippen LogP contribution in [0.2, 0.25) is 5.02 Å². The first kappa shape index (κ1) is 12.3. The van der Waals surface area contributed by atoms with Gasteiger partial charge in [-0.2, -0.15) is 5.10 Å². The van der Waals surface area contributed by atoms with E-state index < -0.39 is 0 Å². The van der Waals surface area contributed by atoms with Crippen LogP contribution < -0.4 is 9.47 Å². The highest BCUT2D eigenvalue weighted by atomic mass is 35.5. The predicted molar refractivity (Wildman–Crippen MR) is 70.8 cm³/mol. The van der Waals surface area contributed by atoms with Gasteiger partial charge < -0.3 is 9.47 Å². The zero-order valence-corrected chi connectivity index (χ0v) is 11.1. The molecule has 2 aromatic rings. The highest BCUT2D eigenvalue weighted by Crippen LogP contribution is 2.38. The number of fused-ring (bicyclic) bond motifs is 1. The standard InChI is InChI=1S/C13H14ClN3O2/c14-11-6-10(2-3-17-9-15-8-16-17)7-12-13(11)19-5-1-4-18-12/h6-9H,1-5H2. The number of benzene rings is 1.